The molecule has 36 heavy (non-hydrogen) atoms. The van der Waals surface area contributed by atoms with Gasteiger partial charge in [-0.25, -0.2) is 0 Å². The Morgan fingerprint density at radius 3 is 1.97 bits per heavy atom. The summed E-state index contributed by atoms with van der Waals surface area (Å²) in [5.74, 6) is 0.858. The Bertz CT molecular complexity index is 1080. The average molecular weight is 483 g/mol. The van der Waals surface area contributed by atoms with Crippen molar-refractivity contribution < 1.29 is 4.74 Å². The van der Waals surface area contributed by atoms with E-state index in [1.165, 1.54) is 64.2 Å². The molecule has 2 bridgehead atoms. The molecule has 0 N–H and O–H groups in total. The summed E-state index contributed by atoms with van der Waals surface area (Å²) in [5, 5.41) is 20.4. The molecule has 3 aliphatic carbocycles. The molecule has 3 fully saturated rings. The lowest BCUT2D eigenvalue weighted by atomic mass is 9.50. The van der Waals surface area contributed by atoms with Crippen LogP contribution < -0.4 is 4.74 Å². The van der Waals surface area contributed by atoms with Crippen LogP contribution >= 0.6 is 0 Å². The van der Waals surface area contributed by atoms with E-state index in [9.17, 15) is 10.5 Å². The lowest BCUT2D eigenvalue weighted by Gasteiger charge is -2.54. The van der Waals surface area contributed by atoms with Crippen LogP contribution in [0.1, 0.15) is 120 Å². The van der Waals surface area contributed by atoms with E-state index < -0.39 is 0 Å². The largest absolute Gasteiger partial charge is 0.494 e. The van der Waals surface area contributed by atoms with Crippen molar-refractivity contribution in [1.82, 2.24) is 0 Å². The van der Waals surface area contributed by atoms with Gasteiger partial charge >= 0.3 is 0 Å². The number of unbranched alkanes of at least 4 members (excludes halogenated alkanes) is 5. The summed E-state index contributed by atoms with van der Waals surface area (Å²) in [6.07, 6.45) is 17.3. The van der Waals surface area contributed by atoms with Gasteiger partial charge in [0.25, 0.3) is 0 Å². The second-order valence-corrected chi connectivity index (χ2v) is 11.3. The van der Waals surface area contributed by atoms with Crippen molar-refractivity contribution in [3.05, 3.63) is 53.1 Å². The standard InChI is InChI=1S/C33H42N2O/c1-3-5-7-9-23-36-27-12-10-26(11-13-27)28-14-15-31(30(25-35)29(28)24-34)33-20-17-32(18-21-33,19-22-33)16-8-6-4-2/h10-15H,3-9,16-23H2,1-2H3. The molecule has 0 aliphatic heterocycles. The van der Waals surface area contributed by atoms with Crippen LogP contribution in [0.3, 0.4) is 0 Å². The molecule has 3 aliphatic rings. The van der Waals surface area contributed by atoms with E-state index in [4.69, 9.17) is 4.74 Å². The highest BCUT2D eigenvalue weighted by Crippen LogP contribution is 2.60. The smallest absolute Gasteiger partial charge is 0.119 e. The van der Waals surface area contributed by atoms with Crippen molar-refractivity contribution >= 4 is 0 Å². The highest BCUT2D eigenvalue weighted by molar-refractivity contribution is 5.75. The lowest BCUT2D eigenvalue weighted by Crippen LogP contribution is -2.44. The molecule has 0 unspecified atom stereocenters. The Morgan fingerprint density at radius 1 is 0.722 bits per heavy atom. The summed E-state index contributed by atoms with van der Waals surface area (Å²) >= 11 is 0. The fourth-order valence-corrected chi connectivity index (χ4v) is 6.76. The maximum absolute atomic E-state index is 10.2. The molecule has 0 heterocycles. The number of hydrogen-bond donors (Lipinski definition) is 0. The zero-order valence-corrected chi connectivity index (χ0v) is 22.4. The van der Waals surface area contributed by atoms with E-state index in [0.717, 1.165) is 54.7 Å². The van der Waals surface area contributed by atoms with Crippen LogP contribution in [0.2, 0.25) is 0 Å². The van der Waals surface area contributed by atoms with Crippen molar-refractivity contribution in [2.24, 2.45) is 5.41 Å². The van der Waals surface area contributed by atoms with E-state index in [-0.39, 0.29) is 5.41 Å². The summed E-state index contributed by atoms with van der Waals surface area (Å²) in [6, 6.07) is 17.1. The van der Waals surface area contributed by atoms with E-state index in [1.54, 1.807) is 0 Å². The maximum atomic E-state index is 10.2. The second kappa shape index (κ2) is 12.0. The van der Waals surface area contributed by atoms with Gasteiger partial charge in [0.15, 0.2) is 0 Å². The average Bonchev–Trinajstić information content (AvgIpc) is 2.93. The second-order valence-electron chi connectivity index (χ2n) is 11.3. The van der Waals surface area contributed by atoms with Gasteiger partial charge in [-0.3, -0.25) is 0 Å². The maximum Gasteiger partial charge on any atom is 0.119 e. The lowest BCUT2D eigenvalue weighted by molar-refractivity contribution is 0.0304. The number of benzene rings is 2. The molecule has 0 aromatic heterocycles. The fraction of sp³-hybridized carbons (Fsp3) is 0.576. The van der Waals surface area contributed by atoms with Gasteiger partial charge in [0.05, 0.1) is 17.7 Å². The zero-order valence-electron chi connectivity index (χ0n) is 22.4. The first-order chi connectivity index (χ1) is 17.6. The van der Waals surface area contributed by atoms with E-state index in [1.807, 2.05) is 24.3 Å². The molecule has 3 heteroatoms. The third-order valence-electron chi connectivity index (χ3n) is 9.14. The number of ether oxygens (including phenoxy) is 1. The third kappa shape index (κ3) is 5.47. The summed E-state index contributed by atoms with van der Waals surface area (Å²) in [6.45, 7) is 5.23. The van der Waals surface area contributed by atoms with Crippen LogP contribution in [0.4, 0.5) is 0 Å². The van der Waals surface area contributed by atoms with E-state index in [2.05, 4.69) is 38.1 Å². The molecule has 0 spiro atoms. The van der Waals surface area contributed by atoms with Crippen LogP contribution in [-0.2, 0) is 5.41 Å². The minimum Gasteiger partial charge on any atom is -0.494 e. The molecule has 2 aromatic carbocycles. The van der Waals surface area contributed by atoms with Crippen LogP contribution in [-0.4, -0.2) is 6.61 Å². The minimum absolute atomic E-state index is 0.0666. The van der Waals surface area contributed by atoms with Crippen LogP contribution in [0.5, 0.6) is 5.75 Å². The van der Waals surface area contributed by atoms with Crippen LogP contribution in [0, 0.1) is 28.1 Å². The molecular formula is C33H42N2O. The monoisotopic (exact) mass is 482 g/mol. The van der Waals surface area contributed by atoms with Gasteiger partial charge in [-0.1, -0.05) is 76.6 Å². The Morgan fingerprint density at radius 2 is 1.36 bits per heavy atom. The fourth-order valence-electron chi connectivity index (χ4n) is 6.76. The number of rotatable bonds is 12. The van der Waals surface area contributed by atoms with Gasteiger partial charge in [-0.2, -0.15) is 10.5 Å². The van der Waals surface area contributed by atoms with Crippen molar-refractivity contribution in [1.29, 1.82) is 10.5 Å². The highest BCUT2D eigenvalue weighted by atomic mass is 16.5. The molecule has 5 rings (SSSR count). The Hall–Kier alpha value is -2.78. The molecule has 190 valence electrons. The van der Waals surface area contributed by atoms with Gasteiger partial charge in [-0.05, 0) is 85.5 Å². The van der Waals surface area contributed by atoms with Crippen molar-refractivity contribution in [2.45, 2.75) is 109 Å². The van der Waals surface area contributed by atoms with Crippen LogP contribution in [0.25, 0.3) is 11.1 Å². The van der Waals surface area contributed by atoms with Gasteiger partial charge < -0.3 is 4.74 Å². The SMILES string of the molecule is CCCCCCOc1ccc(-c2ccc(C34CCC(CCCCC)(CC3)CC4)c(C#N)c2C#N)cc1. The molecular weight excluding hydrogens is 440 g/mol. The van der Waals surface area contributed by atoms with Gasteiger partial charge in [0.2, 0.25) is 0 Å². The Kier molecular flexibility index (Phi) is 8.74. The van der Waals surface area contributed by atoms with Crippen molar-refractivity contribution in [2.75, 3.05) is 6.61 Å². The minimum atomic E-state index is 0.0666. The molecule has 2 aromatic rings. The predicted molar refractivity (Wildman–Crippen MR) is 147 cm³/mol. The molecule has 3 saturated carbocycles. The van der Waals surface area contributed by atoms with Gasteiger partial charge in [-0.15, -0.1) is 0 Å². The molecule has 0 atom stereocenters. The molecule has 3 nitrogen and oxygen atoms in total. The number of nitrogens with zero attached hydrogens (tertiary/aromatic N) is 2. The topological polar surface area (TPSA) is 56.8 Å². The molecule has 0 saturated heterocycles. The third-order valence-corrected chi connectivity index (χ3v) is 9.14. The summed E-state index contributed by atoms with van der Waals surface area (Å²) < 4.78 is 5.90. The van der Waals surface area contributed by atoms with Crippen LogP contribution in [0.15, 0.2) is 36.4 Å². The van der Waals surface area contributed by atoms with Gasteiger partial charge in [0.1, 0.15) is 17.9 Å². The Labute approximate surface area is 218 Å². The highest BCUT2D eigenvalue weighted by Gasteiger charge is 2.49. The van der Waals surface area contributed by atoms with Gasteiger partial charge in [0, 0.05) is 5.56 Å². The van der Waals surface area contributed by atoms with E-state index in [0.29, 0.717) is 16.5 Å². The van der Waals surface area contributed by atoms with E-state index >= 15 is 0 Å². The molecule has 0 amide bonds. The zero-order chi connectivity index (χ0) is 25.4. The summed E-state index contributed by atoms with van der Waals surface area (Å²) in [7, 11) is 0. The number of hydrogen-bond acceptors (Lipinski definition) is 3. The molecule has 0 radical (unpaired) electrons. The number of fused-ring (bicyclic) bond motifs is 3. The van der Waals surface area contributed by atoms with Crippen molar-refractivity contribution in [3.63, 3.8) is 0 Å². The summed E-state index contributed by atoms with van der Waals surface area (Å²) in [5.41, 5.74) is 4.67. The van der Waals surface area contributed by atoms with Crippen molar-refractivity contribution in [3.8, 4) is 29.0 Å². The first-order valence-electron chi connectivity index (χ1n) is 14.3. The Balaban J connectivity index is 1.52. The quantitative estimate of drug-likeness (QED) is 0.283. The summed E-state index contributed by atoms with van der Waals surface area (Å²) in [4.78, 5) is 0. The number of nitriles is 2. The first kappa shape index (κ1) is 26.3. The predicted octanol–water partition coefficient (Wildman–Crippen LogP) is 9.23. The normalized spacial score (nSPS) is 22.7. The first-order valence-corrected chi connectivity index (χ1v) is 14.3.